The highest BCUT2D eigenvalue weighted by Gasteiger charge is 2.85. The van der Waals surface area contributed by atoms with Gasteiger partial charge in [-0.3, -0.25) is 9.59 Å². The van der Waals surface area contributed by atoms with Crippen LogP contribution in [0.15, 0.2) is 42.5 Å². The maximum Gasteiger partial charge on any atom is 0.344 e. The molecule has 43 heavy (non-hydrogen) atoms. The molecule has 8 atom stereocenters. The summed E-state index contributed by atoms with van der Waals surface area (Å²) in [7, 11) is 0. The Morgan fingerprint density at radius 1 is 1.05 bits per heavy atom. The summed E-state index contributed by atoms with van der Waals surface area (Å²) in [4.78, 5) is 61.6. The zero-order valence-corrected chi connectivity index (χ0v) is 23.9. The van der Waals surface area contributed by atoms with Crippen LogP contribution in [0.3, 0.4) is 0 Å². The lowest BCUT2D eigenvalue weighted by atomic mass is 9.74. The van der Waals surface area contributed by atoms with E-state index in [2.05, 4.69) is 6.58 Å². The molecule has 14 nitrogen and oxygen atoms in total. The number of carbonyl (C=O) groups is 5. The standard InChI is InChI=1S/C29H36O14/c1-5-9-19(31)41-22-21(32)27(42-23(24(33)34)28(39,25(35)36)29(22,43-27)26(37)38)13-12-15(2)20(40-17(4)30)16(3)14-18-10-7-6-8-11-18/h6-8,10-11,16,20-23,32,39H,2,5,9,12-14H2,1,3-4H3,(H,33,34)(H,35,36)(H,37,38)/t16-,20-,21-,22-,23-,27+,28-,29+/m1/s1. The topological polar surface area (TPSA) is 223 Å². The van der Waals surface area contributed by atoms with Gasteiger partial charge in [0.1, 0.15) is 12.2 Å². The number of aliphatic carboxylic acids is 3. The first-order chi connectivity index (χ1) is 20.1. The lowest BCUT2D eigenvalue weighted by Gasteiger charge is -2.48. The molecule has 1 aromatic rings. The van der Waals surface area contributed by atoms with Crippen molar-refractivity contribution in [2.24, 2.45) is 5.92 Å². The van der Waals surface area contributed by atoms with Crippen LogP contribution < -0.4 is 0 Å². The third-order valence-electron chi connectivity index (χ3n) is 7.72. The molecule has 0 aliphatic carbocycles. The van der Waals surface area contributed by atoms with Gasteiger partial charge in [0, 0.05) is 25.7 Å². The zero-order valence-electron chi connectivity index (χ0n) is 23.9. The van der Waals surface area contributed by atoms with E-state index in [1.54, 1.807) is 13.8 Å². The summed E-state index contributed by atoms with van der Waals surface area (Å²) < 4.78 is 21.7. The Balaban J connectivity index is 2.03. The molecule has 2 saturated heterocycles. The molecule has 0 spiro atoms. The third kappa shape index (κ3) is 6.00. The van der Waals surface area contributed by atoms with Gasteiger partial charge in [0.25, 0.3) is 0 Å². The van der Waals surface area contributed by atoms with Crippen molar-refractivity contribution in [2.45, 2.75) is 94.3 Å². The molecule has 2 bridgehead atoms. The molecule has 5 N–H and O–H groups in total. The van der Waals surface area contributed by atoms with Crippen LogP contribution in [0, 0.1) is 5.92 Å². The lowest BCUT2D eigenvalue weighted by Crippen LogP contribution is -2.78. The average Bonchev–Trinajstić information content (AvgIpc) is 3.14. The Hall–Kier alpha value is -3.85. The van der Waals surface area contributed by atoms with Gasteiger partial charge >= 0.3 is 29.8 Å². The number of ether oxygens (including phenoxy) is 4. The minimum Gasteiger partial charge on any atom is -0.479 e. The fourth-order valence-electron chi connectivity index (χ4n) is 5.70. The number of aliphatic hydroxyl groups excluding tert-OH is 1. The number of esters is 2. The summed E-state index contributed by atoms with van der Waals surface area (Å²) in [5.41, 5.74) is -6.17. The quantitative estimate of drug-likeness (QED) is 0.147. The minimum atomic E-state index is -3.86. The second kappa shape index (κ2) is 12.8. The largest absolute Gasteiger partial charge is 0.479 e. The molecule has 0 saturated carbocycles. The SMILES string of the molecule is C=C(CC[C@]12O[C@H](C(=O)O)[C@@](O)(C(=O)O)[C@](C(=O)O)(O1)[C@H](OC(=O)CCC)[C@H]2O)[C@@H](OC(C)=O)[C@H](C)Cc1ccccc1. The van der Waals surface area contributed by atoms with Gasteiger partial charge in [-0.05, 0) is 30.4 Å². The first-order valence-electron chi connectivity index (χ1n) is 13.6. The summed E-state index contributed by atoms with van der Waals surface area (Å²) in [6.45, 7) is 8.57. The van der Waals surface area contributed by atoms with Gasteiger partial charge in [0.05, 0.1) is 0 Å². The maximum absolute atomic E-state index is 12.7. The van der Waals surface area contributed by atoms with Gasteiger partial charge in [-0.1, -0.05) is 50.8 Å². The average molecular weight is 609 g/mol. The van der Waals surface area contributed by atoms with Crippen LogP contribution in [0.4, 0.5) is 0 Å². The van der Waals surface area contributed by atoms with E-state index >= 15 is 0 Å². The Kier molecular flexibility index (Phi) is 10.0. The molecular formula is C29H36O14. The fourth-order valence-corrected chi connectivity index (χ4v) is 5.70. The van der Waals surface area contributed by atoms with Gasteiger partial charge in [-0.25, -0.2) is 14.4 Å². The number of benzene rings is 1. The summed E-state index contributed by atoms with van der Waals surface area (Å²) >= 11 is 0. The monoisotopic (exact) mass is 608 g/mol. The van der Waals surface area contributed by atoms with E-state index in [1.807, 2.05) is 30.3 Å². The van der Waals surface area contributed by atoms with Crippen LogP contribution in [0.1, 0.15) is 52.0 Å². The van der Waals surface area contributed by atoms with Gasteiger partial charge < -0.3 is 44.5 Å². The molecule has 14 heteroatoms. The molecule has 0 unspecified atom stereocenters. The van der Waals surface area contributed by atoms with Crippen molar-refractivity contribution in [1.82, 2.24) is 0 Å². The van der Waals surface area contributed by atoms with Crippen LogP contribution >= 0.6 is 0 Å². The second-order valence-corrected chi connectivity index (χ2v) is 10.8. The van der Waals surface area contributed by atoms with Crippen molar-refractivity contribution >= 4 is 29.8 Å². The van der Waals surface area contributed by atoms with Crippen molar-refractivity contribution in [3.63, 3.8) is 0 Å². The second-order valence-electron chi connectivity index (χ2n) is 10.8. The predicted octanol–water partition coefficient (Wildman–Crippen LogP) is 1.06. The maximum atomic E-state index is 12.7. The smallest absolute Gasteiger partial charge is 0.344 e. The molecule has 0 radical (unpaired) electrons. The number of carboxylic acid groups (broad SMARTS) is 3. The van der Waals surface area contributed by atoms with E-state index < -0.39 is 77.7 Å². The van der Waals surface area contributed by atoms with Gasteiger partial charge in [-0.15, -0.1) is 0 Å². The Bertz CT molecular complexity index is 1260. The minimum absolute atomic E-state index is 0.225. The van der Waals surface area contributed by atoms with Crippen LogP contribution in [-0.2, 0) is 49.3 Å². The molecular weight excluding hydrogens is 572 g/mol. The molecule has 2 fully saturated rings. The van der Waals surface area contributed by atoms with E-state index in [9.17, 15) is 49.5 Å². The summed E-state index contributed by atoms with van der Waals surface area (Å²) in [5.74, 6) is -11.3. The molecule has 0 aromatic heterocycles. The van der Waals surface area contributed by atoms with Crippen LogP contribution in [-0.4, -0.2) is 96.8 Å². The molecule has 2 aliphatic rings. The molecule has 3 rings (SSSR count). The lowest BCUT2D eigenvalue weighted by molar-refractivity contribution is -0.374. The number of carbonyl (C=O) groups excluding carboxylic acids is 2. The van der Waals surface area contributed by atoms with E-state index in [0.29, 0.717) is 6.42 Å². The highest BCUT2D eigenvalue weighted by molar-refractivity contribution is 5.98. The predicted molar refractivity (Wildman–Crippen MR) is 143 cm³/mol. The van der Waals surface area contributed by atoms with Crippen molar-refractivity contribution in [1.29, 1.82) is 0 Å². The Morgan fingerprint density at radius 3 is 2.19 bits per heavy atom. The van der Waals surface area contributed by atoms with Crippen LogP contribution in [0.25, 0.3) is 0 Å². The molecule has 236 valence electrons. The van der Waals surface area contributed by atoms with E-state index in [1.165, 1.54) is 6.92 Å². The van der Waals surface area contributed by atoms with E-state index in [0.717, 1.165) is 5.56 Å². The van der Waals surface area contributed by atoms with Gasteiger partial charge in [-0.2, -0.15) is 0 Å². The summed E-state index contributed by atoms with van der Waals surface area (Å²) in [6, 6.07) is 9.27. The van der Waals surface area contributed by atoms with Crippen molar-refractivity contribution < 1.29 is 68.5 Å². The first kappa shape index (κ1) is 33.6. The van der Waals surface area contributed by atoms with E-state index in [-0.39, 0.29) is 30.8 Å². The molecule has 1 aromatic carbocycles. The number of hydrogen-bond acceptors (Lipinski definition) is 11. The summed E-state index contributed by atoms with van der Waals surface area (Å²) in [6.07, 6.45) is -8.73. The van der Waals surface area contributed by atoms with E-state index in [4.69, 9.17) is 18.9 Å². The van der Waals surface area contributed by atoms with Gasteiger partial charge in [0.2, 0.25) is 23.1 Å². The van der Waals surface area contributed by atoms with Crippen LogP contribution in [0.2, 0.25) is 0 Å². The number of rotatable bonds is 14. The third-order valence-corrected chi connectivity index (χ3v) is 7.72. The highest BCUT2D eigenvalue weighted by atomic mass is 16.8. The highest BCUT2D eigenvalue weighted by Crippen LogP contribution is 2.56. The molecule has 2 aliphatic heterocycles. The number of hydrogen-bond donors (Lipinski definition) is 5. The normalized spacial score (nSPS) is 31.0. The fraction of sp³-hybridized carbons (Fsp3) is 0.552. The Labute approximate surface area is 246 Å². The van der Waals surface area contributed by atoms with Gasteiger partial charge in [0.15, 0.2) is 6.10 Å². The molecule has 2 heterocycles. The zero-order chi connectivity index (χ0) is 32.3. The number of aliphatic hydroxyl groups is 2. The van der Waals surface area contributed by atoms with Crippen LogP contribution in [0.5, 0.6) is 0 Å². The number of fused-ring (bicyclic) bond motifs is 2. The van der Waals surface area contributed by atoms with Crippen molar-refractivity contribution in [3.05, 3.63) is 48.0 Å². The number of carboxylic acids is 3. The molecule has 0 amide bonds. The Morgan fingerprint density at radius 2 is 1.67 bits per heavy atom. The van der Waals surface area contributed by atoms with Crippen molar-refractivity contribution in [2.75, 3.05) is 0 Å². The first-order valence-corrected chi connectivity index (χ1v) is 13.6. The summed E-state index contributed by atoms with van der Waals surface area (Å²) in [5, 5.41) is 52.6. The van der Waals surface area contributed by atoms with Crippen molar-refractivity contribution in [3.8, 4) is 0 Å².